The SMILES string of the molecule is CCCCC/C=C\C/C=C\CCCCCCCCCCCCCC(=O)OC(/C=C\CCCCCCCCCCC)C(COP(=O)([O-])OCC[N+](C)(C)C)NC(=O)CCCCC/C=C\CCCCCCCCC. The molecular weight excluding hydrogens is 916 g/mol. The van der Waals surface area contributed by atoms with Crippen LogP contribution in [0.15, 0.2) is 48.6 Å². The molecule has 0 aliphatic heterocycles. The molecule has 0 heterocycles. The number of quaternary nitrogens is 1. The molecule has 10 heteroatoms. The van der Waals surface area contributed by atoms with Crippen LogP contribution in [0, 0.1) is 0 Å². The van der Waals surface area contributed by atoms with Crippen LogP contribution in [0.1, 0.15) is 284 Å². The van der Waals surface area contributed by atoms with Crippen LogP contribution in [-0.4, -0.2) is 69.4 Å². The molecule has 0 aliphatic carbocycles. The van der Waals surface area contributed by atoms with Crippen molar-refractivity contribution in [3.8, 4) is 0 Å². The van der Waals surface area contributed by atoms with Crippen molar-refractivity contribution in [3.63, 3.8) is 0 Å². The summed E-state index contributed by atoms with van der Waals surface area (Å²) in [6.07, 6.45) is 63.6. The van der Waals surface area contributed by atoms with Gasteiger partial charge in [-0.25, -0.2) is 0 Å². The number of nitrogens with one attached hydrogen (secondary N) is 1. The van der Waals surface area contributed by atoms with Gasteiger partial charge in [0.15, 0.2) is 0 Å². The number of hydrogen-bond donors (Lipinski definition) is 1. The van der Waals surface area contributed by atoms with Crippen LogP contribution in [0.25, 0.3) is 0 Å². The molecule has 0 aromatic heterocycles. The van der Waals surface area contributed by atoms with Gasteiger partial charge in [-0.2, -0.15) is 0 Å². The first-order valence-corrected chi connectivity index (χ1v) is 31.9. The number of allylic oxidation sites excluding steroid dienone is 7. The van der Waals surface area contributed by atoms with Gasteiger partial charge in [0.05, 0.1) is 33.8 Å². The topological polar surface area (TPSA) is 114 Å². The molecular formula is C62H117N2O7P. The first kappa shape index (κ1) is 70.0. The Kier molecular flexibility index (Phi) is 50.9. The van der Waals surface area contributed by atoms with Crippen LogP contribution in [0.2, 0.25) is 0 Å². The Labute approximate surface area is 446 Å². The monoisotopic (exact) mass is 1030 g/mol. The normalized spacial score (nSPS) is 14.0. The maximum atomic E-state index is 13.5. The van der Waals surface area contributed by atoms with Crippen molar-refractivity contribution in [3.05, 3.63) is 48.6 Å². The van der Waals surface area contributed by atoms with E-state index in [1.165, 1.54) is 173 Å². The van der Waals surface area contributed by atoms with E-state index in [1.54, 1.807) is 0 Å². The summed E-state index contributed by atoms with van der Waals surface area (Å²) in [4.78, 5) is 39.9. The average Bonchev–Trinajstić information content (AvgIpc) is 3.34. The van der Waals surface area contributed by atoms with Crippen molar-refractivity contribution in [2.75, 3.05) is 40.9 Å². The standard InChI is InChI=1S/C62H117N2O7P/c1-7-10-13-16-19-22-25-27-29-30-31-32-33-34-35-37-40-43-46-49-52-55-62(66)71-60(53-50-47-44-41-38-24-21-18-15-12-9-3)59(58-70-72(67,68)69-57-56-64(4,5)6)63-61(65)54-51-48-45-42-39-36-28-26-23-20-17-14-11-8-2/h19,22,27,29,36,39,50,53,59-60H,7-18,20-21,23-26,28,30-35,37-38,40-49,51-52,54-58H2,1-6H3,(H-,63,65,67,68)/b22-19-,29-27-,39-36-,53-50-. The van der Waals surface area contributed by atoms with E-state index in [2.05, 4.69) is 62.5 Å². The number of phosphoric acid groups is 1. The Morgan fingerprint density at radius 1 is 0.486 bits per heavy atom. The highest BCUT2D eigenvalue weighted by atomic mass is 31.2. The number of esters is 1. The number of phosphoric ester groups is 1. The fourth-order valence-electron chi connectivity index (χ4n) is 8.72. The second kappa shape index (κ2) is 52.4. The van der Waals surface area contributed by atoms with Crippen molar-refractivity contribution in [2.45, 2.75) is 296 Å². The van der Waals surface area contributed by atoms with Gasteiger partial charge >= 0.3 is 5.97 Å². The van der Waals surface area contributed by atoms with Crippen molar-refractivity contribution < 1.29 is 37.3 Å². The van der Waals surface area contributed by atoms with Gasteiger partial charge in [0, 0.05) is 12.8 Å². The molecule has 72 heavy (non-hydrogen) atoms. The number of amides is 1. The predicted molar refractivity (Wildman–Crippen MR) is 307 cm³/mol. The van der Waals surface area contributed by atoms with Crippen LogP contribution in [0.5, 0.6) is 0 Å². The predicted octanol–water partition coefficient (Wildman–Crippen LogP) is 17.9. The van der Waals surface area contributed by atoms with E-state index in [0.717, 1.165) is 70.6 Å². The summed E-state index contributed by atoms with van der Waals surface area (Å²) in [5.41, 5.74) is 0. The number of hydrogen-bond acceptors (Lipinski definition) is 7. The summed E-state index contributed by atoms with van der Waals surface area (Å²) in [5, 5.41) is 3.01. The first-order chi connectivity index (χ1) is 34.9. The minimum absolute atomic E-state index is 0.0249. The van der Waals surface area contributed by atoms with Gasteiger partial charge in [-0.3, -0.25) is 14.2 Å². The smallest absolute Gasteiger partial charge is 0.306 e. The minimum atomic E-state index is -4.70. The zero-order chi connectivity index (χ0) is 52.9. The molecule has 0 aliphatic rings. The maximum Gasteiger partial charge on any atom is 0.306 e. The largest absolute Gasteiger partial charge is 0.756 e. The summed E-state index contributed by atoms with van der Waals surface area (Å²) < 4.78 is 30.2. The zero-order valence-electron chi connectivity index (χ0n) is 48.1. The molecule has 1 amide bonds. The Bertz CT molecular complexity index is 1380. The lowest BCUT2D eigenvalue weighted by Gasteiger charge is -2.30. The Balaban J connectivity index is 5.21. The fourth-order valence-corrected chi connectivity index (χ4v) is 9.45. The third-order valence-electron chi connectivity index (χ3n) is 13.5. The third-order valence-corrected chi connectivity index (χ3v) is 14.4. The average molecular weight is 1030 g/mol. The summed E-state index contributed by atoms with van der Waals surface area (Å²) >= 11 is 0. The molecule has 0 radical (unpaired) electrons. The molecule has 0 aromatic rings. The van der Waals surface area contributed by atoms with E-state index in [-0.39, 0.29) is 24.9 Å². The van der Waals surface area contributed by atoms with Crippen molar-refractivity contribution in [1.82, 2.24) is 5.32 Å². The number of rotatable bonds is 55. The highest BCUT2D eigenvalue weighted by Gasteiger charge is 2.27. The van der Waals surface area contributed by atoms with E-state index < -0.39 is 26.6 Å². The Morgan fingerprint density at radius 3 is 1.31 bits per heavy atom. The van der Waals surface area contributed by atoms with Gasteiger partial charge in [0.2, 0.25) is 5.91 Å². The van der Waals surface area contributed by atoms with Crippen LogP contribution in [0.4, 0.5) is 0 Å². The molecule has 0 spiro atoms. The van der Waals surface area contributed by atoms with E-state index >= 15 is 0 Å². The quantitative estimate of drug-likeness (QED) is 0.0212. The Hall–Kier alpha value is -2.03. The number of nitrogens with zero attached hydrogens (tertiary/aromatic N) is 1. The van der Waals surface area contributed by atoms with Gasteiger partial charge in [0.25, 0.3) is 7.82 Å². The molecule has 1 N–H and O–H groups in total. The third kappa shape index (κ3) is 52.8. The molecule has 0 bridgehead atoms. The number of ether oxygens (including phenoxy) is 1. The summed E-state index contributed by atoms with van der Waals surface area (Å²) in [6, 6.07) is -0.895. The highest BCUT2D eigenvalue weighted by Crippen LogP contribution is 2.38. The minimum Gasteiger partial charge on any atom is -0.756 e. The van der Waals surface area contributed by atoms with E-state index in [0.29, 0.717) is 23.9 Å². The number of carbonyl (C=O) groups excluding carboxylic acids is 2. The summed E-state index contributed by atoms with van der Waals surface area (Å²) in [7, 11) is 1.18. The van der Waals surface area contributed by atoms with Crippen molar-refractivity contribution >= 4 is 19.7 Å². The Morgan fingerprint density at radius 2 is 0.847 bits per heavy atom. The zero-order valence-corrected chi connectivity index (χ0v) is 49.0. The van der Waals surface area contributed by atoms with E-state index in [1.807, 2.05) is 33.3 Å². The van der Waals surface area contributed by atoms with E-state index in [9.17, 15) is 19.0 Å². The molecule has 9 nitrogen and oxygen atoms in total. The highest BCUT2D eigenvalue weighted by molar-refractivity contribution is 7.45. The van der Waals surface area contributed by atoms with Gasteiger partial charge in [0.1, 0.15) is 19.3 Å². The van der Waals surface area contributed by atoms with Crippen LogP contribution >= 0.6 is 7.82 Å². The van der Waals surface area contributed by atoms with Crippen molar-refractivity contribution in [2.24, 2.45) is 0 Å². The summed E-state index contributed by atoms with van der Waals surface area (Å²) in [6.45, 7) is 6.81. The molecule has 0 aromatic carbocycles. The van der Waals surface area contributed by atoms with Crippen LogP contribution in [-0.2, 0) is 27.9 Å². The lowest BCUT2D eigenvalue weighted by atomic mass is 10.0. The van der Waals surface area contributed by atoms with E-state index in [4.69, 9.17) is 13.8 Å². The first-order valence-electron chi connectivity index (χ1n) is 30.4. The second-order valence-electron chi connectivity index (χ2n) is 21.8. The fraction of sp³-hybridized carbons (Fsp3) is 0.839. The van der Waals surface area contributed by atoms with Crippen LogP contribution < -0.4 is 10.2 Å². The molecule has 3 atom stereocenters. The number of unbranched alkanes of at least 4 members (excludes halogenated alkanes) is 33. The molecule has 3 unspecified atom stereocenters. The number of carbonyl (C=O) groups is 2. The van der Waals surface area contributed by atoms with Gasteiger partial charge in [-0.1, -0.05) is 230 Å². The molecule has 0 fully saturated rings. The summed E-state index contributed by atoms with van der Waals surface area (Å²) in [5.74, 6) is -0.556. The molecule has 0 rings (SSSR count). The number of likely N-dealkylation sites (N-methyl/N-ethyl adjacent to an activating group) is 1. The van der Waals surface area contributed by atoms with Gasteiger partial charge < -0.3 is 28.5 Å². The molecule has 0 saturated carbocycles. The lowest BCUT2D eigenvalue weighted by Crippen LogP contribution is -2.47. The van der Waals surface area contributed by atoms with Crippen molar-refractivity contribution in [1.29, 1.82) is 0 Å². The maximum absolute atomic E-state index is 13.5. The second-order valence-corrected chi connectivity index (χ2v) is 23.3. The van der Waals surface area contributed by atoms with Crippen LogP contribution in [0.3, 0.4) is 0 Å². The molecule has 0 saturated heterocycles. The van der Waals surface area contributed by atoms with Gasteiger partial charge in [-0.05, 0) is 89.5 Å². The molecule has 422 valence electrons. The lowest BCUT2D eigenvalue weighted by molar-refractivity contribution is -0.870. The van der Waals surface area contributed by atoms with Gasteiger partial charge in [-0.15, -0.1) is 0 Å².